The highest BCUT2D eigenvalue weighted by molar-refractivity contribution is 7.89. The minimum absolute atomic E-state index is 0.0735. The van der Waals surface area contributed by atoms with Crippen molar-refractivity contribution in [1.29, 1.82) is 0 Å². The molecule has 0 bridgehead atoms. The van der Waals surface area contributed by atoms with Gasteiger partial charge in [-0.2, -0.15) is 4.31 Å². The van der Waals surface area contributed by atoms with Crippen LogP contribution in [0.5, 0.6) is 0 Å². The number of fused-ring (bicyclic) bond motifs is 1. The average molecular weight is 449 g/mol. The van der Waals surface area contributed by atoms with Crippen LogP contribution < -0.4 is 10.9 Å². The molecule has 0 fully saturated rings. The number of H-pyrrole nitrogens is 1. The highest BCUT2D eigenvalue weighted by atomic mass is 35.5. The number of halogens is 1. The summed E-state index contributed by atoms with van der Waals surface area (Å²) in [5.74, 6) is 0.502. The zero-order valence-corrected chi connectivity index (χ0v) is 18.7. The quantitative estimate of drug-likeness (QED) is 0.550. The fraction of sp³-hybridized carbons (Fsp3) is 0.333. The molecule has 1 heterocycles. The number of hydrogen-bond acceptors (Lipinski definition) is 5. The van der Waals surface area contributed by atoms with Crippen molar-refractivity contribution in [3.8, 4) is 0 Å². The van der Waals surface area contributed by atoms with Crippen molar-refractivity contribution < 1.29 is 8.42 Å². The summed E-state index contributed by atoms with van der Waals surface area (Å²) < 4.78 is 26.6. The molecule has 30 heavy (non-hydrogen) atoms. The van der Waals surface area contributed by atoms with Crippen molar-refractivity contribution in [2.24, 2.45) is 0 Å². The molecule has 160 valence electrons. The topological polar surface area (TPSA) is 95.2 Å². The Kier molecular flexibility index (Phi) is 6.92. The smallest absolute Gasteiger partial charge is 0.258 e. The summed E-state index contributed by atoms with van der Waals surface area (Å²) in [5, 5.41) is 4.31. The second-order valence-electron chi connectivity index (χ2n) is 6.94. The van der Waals surface area contributed by atoms with Crippen LogP contribution in [0.15, 0.2) is 52.2 Å². The zero-order chi connectivity index (χ0) is 21.9. The summed E-state index contributed by atoms with van der Waals surface area (Å²) in [6.07, 6.45) is 0. The van der Waals surface area contributed by atoms with E-state index < -0.39 is 10.0 Å². The number of aromatic amines is 1. The lowest BCUT2D eigenvalue weighted by Gasteiger charge is -2.19. The maximum atomic E-state index is 12.6. The molecule has 0 aliphatic heterocycles. The third-order valence-corrected chi connectivity index (χ3v) is 7.32. The van der Waals surface area contributed by atoms with Crippen molar-refractivity contribution in [1.82, 2.24) is 19.6 Å². The van der Waals surface area contributed by atoms with Gasteiger partial charge in [0, 0.05) is 24.2 Å². The number of aromatic nitrogens is 2. The Hall–Kier alpha value is -2.26. The predicted molar refractivity (Wildman–Crippen MR) is 119 cm³/mol. The number of nitrogens with zero attached hydrogens (tertiary/aromatic N) is 2. The number of benzene rings is 2. The Morgan fingerprint density at radius 3 is 2.43 bits per heavy atom. The van der Waals surface area contributed by atoms with E-state index in [1.54, 1.807) is 42.5 Å². The van der Waals surface area contributed by atoms with E-state index in [0.29, 0.717) is 41.4 Å². The number of rotatable bonds is 8. The summed E-state index contributed by atoms with van der Waals surface area (Å²) in [6.45, 7) is 6.81. The fourth-order valence-corrected chi connectivity index (χ4v) is 4.88. The highest BCUT2D eigenvalue weighted by Crippen LogP contribution is 2.20. The molecule has 0 spiro atoms. The maximum Gasteiger partial charge on any atom is 0.258 e. The minimum Gasteiger partial charge on any atom is -0.309 e. The monoisotopic (exact) mass is 448 g/mol. The average Bonchev–Trinajstić information content (AvgIpc) is 2.72. The van der Waals surface area contributed by atoms with Gasteiger partial charge in [0.1, 0.15) is 5.82 Å². The van der Waals surface area contributed by atoms with Crippen molar-refractivity contribution in [2.75, 3.05) is 13.1 Å². The normalized spacial score (nSPS) is 13.1. The molecule has 3 aromatic rings. The zero-order valence-electron chi connectivity index (χ0n) is 17.1. The highest BCUT2D eigenvalue weighted by Gasteiger charge is 2.21. The number of sulfonamides is 1. The van der Waals surface area contributed by atoms with Gasteiger partial charge < -0.3 is 10.3 Å². The maximum absolute atomic E-state index is 12.6. The van der Waals surface area contributed by atoms with Gasteiger partial charge in [0.2, 0.25) is 10.0 Å². The lowest BCUT2D eigenvalue weighted by Crippen LogP contribution is -2.30. The summed E-state index contributed by atoms with van der Waals surface area (Å²) in [4.78, 5) is 19.7. The molecule has 2 N–H and O–H groups in total. The minimum atomic E-state index is -3.48. The van der Waals surface area contributed by atoms with Crippen LogP contribution in [0.1, 0.15) is 38.2 Å². The van der Waals surface area contributed by atoms with Gasteiger partial charge >= 0.3 is 0 Å². The van der Waals surface area contributed by atoms with Gasteiger partial charge in [-0.05, 0) is 42.8 Å². The van der Waals surface area contributed by atoms with Crippen LogP contribution in [0, 0.1) is 0 Å². The third kappa shape index (κ3) is 4.73. The van der Waals surface area contributed by atoms with Gasteiger partial charge in [-0.3, -0.25) is 4.79 Å². The first-order valence-electron chi connectivity index (χ1n) is 9.78. The van der Waals surface area contributed by atoms with Crippen LogP contribution in [0.4, 0.5) is 0 Å². The summed E-state index contributed by atoms with van der Waals surface area (Å²) in [7, 11) is -3.48. The van der Waals surface area contributed by atoms with Gasteiger partial charge in [-0.1, -0.05) is 37.6 Å². The summed E-state index contributed by atoms with van der Waals surface area (Å²) in [6, 6.07) is 11.7. The van der Waals surface area contributed by atoms with Gasteiger partial charge in [-0.25, -0.2) is 13.4 Å². The molecule has 7 nitrogen and oxygen atoms in total. The molecule has 1 atom stereocenters. The van der Waals surface area contributed by atoms with E-state index in [2.05, 4.69) is 15.3 Å². The van der Waals surface area contributed by atoms with Crippen molar-refractivity contribution in [3.63, 3.8) is 0 Å². The molecule has 0 amide bonds. The van der Waals surface area contributed by atoms with E-state index >= 15 is 0 Å². The Labute approximate surface area is 181 Å². The van der Waals surface area contributed by atoms with Crippen LogP contribution in [0.2, 0.25) is 5.02 Å². The van der Waals surface area contributed by atoms with E-state index in [9.17, 15) is 13.2 Å². The Morgan fingerprint density at radius 2 is 1.80 bits per heavy atom. The van der Waals surface area contributed by atoms with Crippen molar-refractivity contribution >= 4 is 32.5 Å². The lowest BCUT2D eigenvalue weighted by atomic mass is 10.1. The number of hydrogen-bond donors (Lipinski definition) is 2. The summed E-state index contributed by atoms with van der Waals surface area (Å²) >= 11 is 6.00. The molecule has 1 aromatic heterocycles. The first-order valence-corrected chi connectivity index (χ1v) is 11.6. The van der Waals surface area contributed by atoms with Crippen LogP contribution in [-0.2, 0) is 16.6 Å². The van der Waals surface area contributed by atoms with E-state index in [1.807, 2.05) is 20.8 Å². The van der Waals surface area contributed by atoms with Crippen molar-refractivity contribution in [3.05, 3.63) is 69.2 Å². The Morgan fingerprint density at radius 1 is 1.13 bits per heavy atom. The standard InChI is InChI=1S/C21H25ClN4O3S/c1-4-26(5-2)30(28,29)17-9-6-15(7-10-17)14(3)23-13-20-24-19-12-16(22)8-11-18(19)21(27)25-20/h6-12,14,23H,4-5,13H2,1-3H3,(H,24,25,27)/t14-/m1/s1. The molecule has 3 rings (SSSR count). The Balaban J connectivity index is 1.73. The second kappa shape index (κ2) is 9.26. The van der Waals surface area contributed by atoms with Gasteiger partial charge in [-0.15, -0.1) is 0 Å². The van der Waals surface area contributed by atoms with E-state index in [0.717, 1.165) is 5.56 Å². The number of nitrogens with one attached hydrogen (secondary N) is 2. The molecule has 9 heteroatoms. The van der Waals surface area contributed by atoms with Crippen LogP contribution in [-0.4, -0.2) is 35.8 Å². The second-order valence-corrected chi connectivity index (χ2v) is 9.31. The molecule has 0 radical (unpaired) electrons. The van der Waals surface area contributed by atoms with E-state index in [4.69, 9.17) is 11.6 Å². The van der Waals surface area contributed by atoms with E-state index in [-0.39, 0.29) is 16.5 Å². The first-order chi connectivity index (χ1) is 14.3. The molecule has 0 saturated heterocycles. The predicted octanol–water partition coefficient (Wildman–Crippen LogP) is 3.46. The van der Waals surface area contributed by atoms with Gasteiger partial charge in [0.05, 0.1) is 22.3 Å². The largest absolute Gasteiger partial charge is 0.309 e. The van der Waals surface area contributed by atoms with Gasteiger partial charge in [0.25, 0.3) is 5.56 Å². The SMILES string of the molecule is CCN(CC)S(=O)(=O)c1ccc([C@@H](C)NCc2nc3cc(Cl)ccc3c(=O)[nH]2)cc1. The molecule has 0 aliphatic rings. The molecule has 0 unspecified atom stereocenters. The Bertz CT molecular complexity index is 1190. The summed E-state index contributed by atoms with van der Waals surface area (Å²) in [5.41, 5.74) is 1.26. The molecular formula is C21H25ClN4O3S. The fourth-order valence-electron chi connectivity index (χ4n) is 3.25. The van der Waals surface area contributed by atoms with Gasteiger partial charge in [0.15, 0.2) is 0 Å². The van der Waals surface area contributed by atoms with E-state index in [1.165, 1.54) is 4.31 Å². The van der Waals surface area contributed by atoms with Crippen LogP contribution in [0.25, 0.3) is 10.9 Å². The van der Waals surface area contributed by atoms with Crippen LogP contribution in [0.3, 0.4) is 0 Å². The van der Waals surface area contributed by atoms with Crippen molar-refractivity contribution in [2.45, 2.75) is 38.3 Å². The lowest BCUT2D eigenvalue weighted by molar-refractivity contribution is 0.445. The third-order valence-electron chi connectivity index (χ3n) is 5.02. The molecule has 2 aromatic carbocycles. The van der Waals surface area contributed by atoms with Crippen LogP contribution >= 0.6 is 11.6 Å². The molecular weight excluding hydrogens is 424 g/mol. The molecule has 0 aliphatic carbocycles. The first kappa shape index (κ1) is 22.4. The molecule has 0 saturated carbocycles.